The van der Waals surface area contributed by atoms with E-state index in [1.807, 2.05) is 10.8 Å². The lowest BCUT2D eigenvalue weighted by atomic mass is 9.96. The highest BCUT2D eigenvalue weighted by molar-refractivity contribution is 7.98. The number of aromatic nitrogens is 1. The van der Waals surface area contributed by atoms with Crippen LogP contribution in [0.5, 0.6) is 0 Å². The average molecular weight is 451 g/mol. The molecular formula is C24H26F4N2S. The van der Waals surface area contributed by atoms with Gasteiger partial charge >= 0.3 is 6.18 Å². The summed E-state index contributed by atoms with van der Waals surface area (Å²) in [4.78, 5) is 0. The summed E-state index contributed by atoms with van der Waals surface area (Å²) in [7, 11) is 0. The normalized spacial score (nSPS) is 15.1. The van der Waals surface area contributed by atoms with Crippen LogP contribution in [0.1, 0.15) is 44.7 Å². The molecule has 2 aromatic carbocycles. The highest BCUT2D eigenvalue weighted by Gasteiger charge is 2.34. The van der Waals surface area contributed by atoms with Gasteiger partial charge in [0.05, 0.1) is 5.56 Å². The molecule has 3 aromatic rings. The van der Waals surface area contributed by atoms with Crippen molar-refractivity contribution in [2.24, 2.45) is 5.41 Å². The predicted octanol–water partition coefficient (Wildman–Crippen LogP) is 7.41. The Hall–Kier alpha value is -1.99. The molecule has 2 nitrogen and oxygen atoms in total. The largest absolute Gasteiger partial charge is 0.417 e. The molecule has 31 heavy (non-hydrogen) atoms. The topological polar surface area (TPSA) is 17.0 Å². The molecule has 4 rings (SSSR count). The zero-order valence-electron chi connectivity index (χ0n) is 17.8. The third-order valence-corrected chi connectivity index (χ3v) is 6.37. The van der Waals surface area contributed by atoms with Gasteiger partial charge in [0, 0.05) is 41.0 Å². The van der Waals surface area contributed by atoms with Crippen molar-refractivity contribution in [2.45, 2.75) is 58.1 Å². The minimum Gasteiger partial charge on any atom is -0.347 e. The second-order valence-corrected chi connectivity index (χ2v) is 10.6. The standard InChI is InChI=1S/C24H26F4N2S/c1-23(2,3)14-30-13-15(12-29-31-16-8-9-16)18-10-21(25)19(11-22(18)30)17-6-4-5-7-20(17)24(26,27)28/h4-7,10-11,13,16,29H,8-9,12,14H2,1-3H3. The molecular weight excluding hydrogens is 424 g/mol. The van der Waals surface area contributed by atoms with Crippen LogP contribution >= 0.6 is 11.9 Å². The summed E-state index contributed by atoms with van der Waals surface area (Å²) in [6.45, 7) is 7.55. The van der Waals surface area contributed by atoms with Crippen LogP contribution in [-0.2, 0) is 19.3 Å². The van der Waals surface area contributed by atoms with Crippen molar-refractivity contribution in [3.63, 3.8) is 0 Å². The molecule has 166 valence electrons. The first-order valence-electron chi connectivity index (χ1n) is 10.4. The van der Waals surface area contributed by atoms with E-state index in [-0.39, 0.29) is 16.5 Å². The minimum atomic E-state index is -4.56. The van der Waals surface area contributed by atoms with Crippen LogP contribution in [0, 0.1) is 11.2 Å². The lowest BCUT2D eigenvalue weighted by molar-refractivity contribution is -0.137. The molecule has 0 bridgehead atoms. The van der Waals surface area contributed by atoms with E-state index in [4.69, 9.17) is 0 Å². The maximum absolute atomic E-state index is 15.2. The van der Waals surface area contributed by atoms with Gasteiger partial charge in [0.2, 0.25) is 0 Å². The Morgan fingerprint density at radius 3 is 2.42 bits per heavy atom. The molecule has 1 N–H and O–H groups in total. The summed E-state index contributed by atoms with van der Waals surface area (Å²) in [6, 6.07) is 8.12. The molecule has 0 radical (unpaired) electrons. The first-order chi connectivity index (χ1) is 14.5. The van der Waals surface area contributed by atoms with Gasteiger partial charge in [-0.1, -0.05) is 50.9 Å². The number of alkyl halides is 3. The second-order valence-electron chi connectivity index (χ2n) is 9.37. The van der Waals surface area contributed by atoms with Crippen molar-refractivity contribution in [1.29, 1.82) is 0 Å². The van der Waals surface area contributed by atoms with Crippen molar-refractivity contribution in [3.8, 4) is 11.1 Å². The van der Waals surface area contributed by atoms with Gasteiger partial charge in [-0.2, -0.15) is 13.2 Å². The molecule has 1 fully saturated rings. The average Bonchev–Trinajstić information content (AvgIpc) is 3.43. The van der Waals surface area contributed by atoms with Gasteiger partial charge in [-0.05, 0) is 47.6 Å². The molecule has 7 heteroatoms. The van der Waals surface area contributed by atoms with Gasteiger partial charge in [-0.25, -0.2) is 4.39 Å². The molecule has 1 aromatic heterocycles. The molecule has 0 amide bonds. The summed E-state index contributed by atoms with van der Waals surface area (Å²) >= 11 is 1.70. The zero-order chi connectivity index (χ0) is 22.4. The smallest absolute Gasteiger partial charge is 0.347 e. The van der Waals surface area contributed by atoms with Crippen molar-refractivity contribution in [3.05, 3.63) is 59.5 Å². The summed E-state index contributed by atoms with van der Waals surface area (Å²) in [5.74, 6) is -0.645. The van der Waals surface area contributed by atoms with Gasteiger partial charge in [0.25, 0.3) is 0 Å². The quantitative estimate of drug-likeness (QED) is 0.311. The number of hydrogen-bond acceptors (Lipinski definition) is 2. The van der Waals surface area contributed by atoms with Crippen molar-refractivity contribution in [1.82, 2.24) is 9.29 Å². The molecule has 0 saturated heterocycles. The molecule has 0 aliphatic heterocycles. The highest BCUT2D eigenvalue weighted by atomic mass is 32.2. The number of benzene rings is 2. The van der Waals surface area contributed by atoms with Crippen molar-refractivity contribution in [2.75, 3.05) is 0 Å². The molecule has 1 saturated carbocycles. The Morgan fingerprint density at radius 1 is 1.06 bits per heavy atom. The molecule has 0 spiro atoms. The SMILES string of the molecule is CC(C)(C)Cn1cc(CNSC2CC2)c2cc(F)c(-c3ccccc3C(F)(F)F)cc21. The Labute approximate surface area is 184 Å². The van der Waals surface area contributed by atoms with Gasteiger partial charge in [-0.3, -0.25) is 4.72 Å². The van der Waals surface area contributed by atoms with E-state index >= 15 is 4.39 Å². The number of nitrogens with zero attached hydrogens (tertiary/aromatic N) is 1. The lowest BCUT2D eigenvalue weighted by Gasteiger charge is -2.20. The Bertz CT molecular complexity index is 1090. The number of hydrogen-bond donors (Lipinski definition) is 1. The van der Waals surface area contributed by atoms with Crippen molar-refractivity contribution >= 4 is 22.9 Å². The Morgan fingerprint density at radius 2 is 1.77 bits per heavy atom. The number of rotatable bonds is 6. The maximum Gasteiger partial charge on any atom is 0.417 e. The fraction of sp³-hybridized carbons (Fsp3) is 0.417. The third kappa shape index (κ3) is 5.09. The monoisotopic (exact) mass is 450 g/mol. The Balaban J connectivity index is 1.82. The molecule has 1 aliphatic carbocycles. The van der Waals surface area contributed by atoms with E-state index in [0.29, 0.717) is 18.3 Å². The van der Waals surface area contributed by atoms with Gasteiger partial charge in [0.1, 0.15) is 5.82 Å². The Kier molecular flexibility index (Phi) is 5.85. The van der Waals surface area contributed by atoms with Crippen LogP contribution in [-0.4, -0.2) is 9.82 Å². The van der Waals surface area contributed by atoms with Crippen LogP contribution in [0.3, 0.4) is 0 Å². The summed E-state index contributed by atoms with van der Waals surface area (Å²) in [6.07, 6.45) is -0.143. The van der Waals surface area contributed by atoms with Crippen LogP contribution in [0.25, 0.3) is 22.0 Å². The molecule has 0 atom stereocenters. The second kappa shape index (κ2) is 8.17. The van der Waals surface area contributed by atoms with E-state index in [1.54, 1.807) is 18.0 Å². The van der Waals surface area contributed by atoms with Crippen LogP contribution in [0.15, 0.2) is 42.6 Å². The molecule has 0 unspecified atom stereocenters. The van der Waals surface area contributed by atoms with E-state index < -0.39 is 17.6 Å². The van der Waals surface area contributed by atoms with Crippen LogP contribution < -0.4 is 4.72 Å². The number of fused-ring (bicyclic) bond motifs is 1. The zero-order valence-corrected chi connectivity index (χ0v) is 18.6. The first-order valence-corrected chi connectivity index (χ1v) is 11.3. The fourth-order valence-electron chi connectivity index (χ4n) is 3.76. The summed E-state index contributed by atoms with van der Waals surface area (Å²) in [5.41, 5.74) is 0.656. The number of nitrogens with one attached hydrogen (secondary N) is 1. The maximum atomic E-state index is 15.2. The summed E-state index contributed by atoms with van der Waals surface area (Å²) < 4.78 is 61.2. The minimum absolute atomic E-state index is 0.0273. The predicted molar refractivity (Wildman–Crippen MR) is 119 cm³/mol. The lowest BCUT2D eigenvalue weighted by Crippen LogP contribution is -2.14. The van der Waals surface area contributed by atoms with E-state index in [0.717, 1.165) is 22.5 Å². The van der Waals surface area contributed by atoms with Crippen LogP contribution in [0.4, 0.5) is 17.6 Å². The molecule has 1 aliphatic rings. The number of halogens is 4. The van der Waals surface area contributed by atoms with E-state index in [1.165, 1.54) is 37.1 Å². The van der Waals surface area contributed by atoms with Crippen molar-refractivity contribution < 1.29 is 17.6 Å². The summed E-state index contributed by atoms with van der Waals surface area (Å²) in [5, 5.41) is 1.38. The highest BCUT2D eigenvalue weighted by Crippen LogP contribution is 2.40. The van der Waals surface area contributed by atoms with Gasteiger partial charge < -0.3 is 4.57 Å². The van der Waals surface area contributed by atoms with E-state index in [9.17, 15) is 13.2 Å². The fourth-order valence-corrected chi connectivity index (χ4v) is 4.61. The van der Waals surface area contributed by atoms with E-state index in [2.05, 4.69) is 25.5 Å². The first kappa shape index (κ1) is 22.2. The van der Waals surface area contributed by atoms with Crippen LogP contribution in [0.2, 0.25) is 0 Å². The van der Waals surface area contributed by atoms with Gasteiger partial charge in [-0.15, -0.1) is 0 Å². The molecule has 1 heterocycles. The van der Waals surface area contributed by atoms with Gasteiger partial charge in [0.15, 0.2) is 0 Å². The third-order valence-electron chi connectivity index (χ3n) is 5.26.